The molecular weight excluding hydrogens is 448 g/mol. The van der Waals surface area contributed by atoms with Crippen molar-refractivity contribution < 1.29 is 4.79 Å². The van der Waals surface area contributed by atoms with E-state index in [-0.39, 0.29) is 23.9 Å². The summed E-state index contributed by atoms with van der Waals surface area (Å²) in [6, 6.07) is 32.4. The molecule has 36 heavy (non-hydrogen) atoms. The molecule has 0 unspecified atom stereocenters. The van der Waals surface area contributed by atoms with Gasteiger partial charge in [-0.3, -0.25) is 9.59 Å². The Hall–Kier alpha value is -4.71. The van der Waals surface area contributed by atoms with E-state index >= 15 is 0 Å². The minimum atomic E-state index is -0.343. The largest absolute Gasteiger partial charge is 0.344 e. The second-order valence-electron chi connectivity index (χ2n) is 8.90. The van der Waals surface area contributed by atoms with Crippen LogP contribution in [-0.2, 0) is 17.8 Å². The molecule has 0 saturated carbocycles. The van der Waals surface area contributed by atoms with Crippen LogP contribution in [0.15, 0.2) is 108 Å². The van der Waals surface area contributed by atoms with Gasteiger partial charge in [0.05, 0.1) is 28.1 Å². The van der Waals surface area contributed by atoms with Gasteiger partial charge in [0, 0.05) is 10.8 Å². The Morgan fingerprint density at radius 2 is 1.42 bits per heavy atom. The molecule has 0 fully saturated rings. The highest BCUT2D eigenvalue weighted by Gasteiger charge is 2.20. The highest BCUT2D eigenvalue weighted by Crippen LogP contribution is 2.22. The van der Waals surface area contributed by atoms with Gasteiger partial charge < -0.3 is 14.9 Å². The van der Waals surface area contributed by atoms with Crippen LogP contribution in [0.3, 0.4) is 0 Å². The number of amides is 1. The Bertz CT molecular complexity index is 1680. The summed E-state index contributed by atoms with van der Waals surface area (Å²) >= 11 is 0. The monoisotopic (exact) mass is 472 g/mol. The number of hydrogen-bond donors (Lipinski definition) is 2. The molecule has 2 N–H and O–H groups in total. The van der Waals surface area contributed by atoms with Crippen LogP contribution in [0.4, 0.5) is 0 Å². The second kappa shape index (κ2) is 9.15. The van der Waals surface area contributed by atoms with Crippen LogP contribution in [0.2, 0.25) is 0 Å². The Labute approximate surface area is 207 Å². The molecule has 2 heterocycles. The Morgan fingerprint density at radius 3 is 2.11 bits per heavy atom. The predicted octanol–water partition coefficient (Wildman–Crippen LogP) is 5.13. The number of nitrogens with zero attached hydrogens (tertiary/aromatic N) is 2. The Balaban J connectivity index is 1.38. The van der Waals surface area contributed by atoms with Crippen molar-refractivity contribution in [2.45, 2.75) is 19.0 Å². The van der Waals surface area contributed by atoms with E-state index in [0.717, 1.165) is 27.6 Å². The van der Waals surface area contributed by atoms with E-state index in [2.05, 4.69) is 10.3 Å². The highest BCUT2D eigenvalue weighted by atomic mass is 16.2. The number of imidazole rings is 1. The van der Waals surface area contributed by atoms with E-state index in [9.17, 15) is 9.59 Å². The van der Waals surface area contributed by atoms with Crippen molar-refractivity contribution in [1.29, 1.82) is 0 Å². The number of rotatable bonds is 6. The summed E-state index contributed by atoms with van der Waals surface area (Å²) in [5.41, 5.74) is 4.33. The van der Waals surface area contributed by atoms with Crippen molar-refractivity contribution in [3.8, 4) is 0 Å². The third kappa shape index (κ3) is 4.03. The molecule has 176 valence electrons. The van der Waals surface area contributed by atoms with E-state index in [0.29, 0.717) is 23.0 Å². The zero-order valence-electron chi connectivity index (χ0n) is 19.5. The van der Waals surface area contributed by atoms with Crippen molar-refractivity contribution in [3.05, 3.63) is 125 Å². The number of pyridine rings is 1. The van der Waals surface area contributed by atoms with Crippen LogP contribution < -0.4 is 10.7 Å². The molecule has 0 aliphatic rings. The smallest absolute Gasteiger partial charge is 0.240 e. The van der Waals surface area contributed by atoms with Crippen LogP contribution in [-0.4, -0.2) is 20.4 Å². The highest BCUT2D eigenvalue weighted by molar-refractivity contribution is 5.95. The summed E-state index contributed by atoms with van der Waals surface area (Å²) in [6.07, 6.45) is 0.595. The summed E-state index contributed by atoms with van der Waals surface area (Å²) < 4.78 is 1.92. The number of aromatic nitrogens is 3. The molecule has 4 aromatic carbocycles. The van der Waals surface area contributed by atoms with Gasteiger partial charge in [-0.15, -0.1) is 0 Å². The topological polar surface area (TPSA) is 79.8 Å². The molecule has 0 aliphatic carbocycles. The van der Waals surface area contributed by atoms with Gasteiger partial charge in [0.15, 0.2) is 5.43 Å². The Kier molecular flexibility index (Phi) is 5.54. The van der Waals surface area contributed by atoms with Crippen molar-refractivity contribution in [1.82, 2.24) is 19.9 Å². The minimum Gasteiger partial charge on any atom is -0.344 e. The third-order valence-electron chi connectivity index (χ3n) is 6.54. The van der Waals surface area contributed by atoms with Gasteiger partial charge in [0.1, 0.15) is 12.4 Å². The van der Waals surface area contributed by atoms with Crippen LogP contribution >= 0.6 is 0 Å². The molecule has 0 saturated heterocycles. The number of nitrogens with one attached hydrogen (secondary N) is 2. The normalized spacial score (nSPS) is 12.2. The number of H-pyrrole nitrogens is 1. The summed E-state index contributed by atoms with van der Waals surface area (Å²) in [5, 5.41) is 4.40. The number of fused-ring (bicyclic) bond motifs is 3. The molecule has 6 heteroatoms. The first-order chi connectivity index (χ1) is 17.7. The van der Waals surface area contributed by atoms with Gasteiger partial charge in [-0.05, 0) is 48.4 Å². The lowest BCUT2D eigenvalue weighted by molar-refractivity contribution is -0.122. The van der Waals surface area contributed by atoms with Gasteiger partial charge in [0.2, 0.25) is 5.91 Å². The van der Waals surface area contributed by atoms with Crippen molar-refractivity contribution in [3.63, 3.8) is 0 Å². The SMILES string of the molecule is O=C(Cn1c2ccccc2c(=O)c2ccccc21)N[C@@H](Cc1ccccc1)c1nc2ccccc2[nH]1. The molecule has 0 radical (unpaired) electrons. The molecule has 1 amide bonds. The molecular formula is C30H24N4O2. The molecule has 6 aromatic rings. The van der Waals surface area contributed by atoms with E-state index in [1.165, 1.54) is 0 Å². The first-order valence-corrected chi connectivity index (χ1v) is 12.0. The lowest BCUT2D eigenvalue weighted by Crippen LogP contribution is -2.34. The fourth-order valence-electron chi connectivity index (χ4n) is 4.83. The average Bonchev–Trinajstić information content (AvgIpc) is 3.36. The van der Waals surface area contributed by atoms with Gasteiger partial charge in [0.25, 0.3) is 0 Å². The van der Waals surface area contributed by atoms with Gasteiger partial charge in [-0.2, -0.15) is 0 Å². The molecule has 0 spiro atoms. The molecule has 0 aliphatic heterocycles. The number of aromatic amines is 1. The number of hydrogen-bond acceptors (Lipinski definition) is 3. The zero-order valence-corrected chi connectivity index (χ0v) is 19.5. The maximum atomic E-state index is 13.5. The molecule has 6 rings (SSSR count). The standard InChI is InChI=1S/C30H24N4O2/c35-28(19-34-26-16-8-4-12-21(26)29(36)22-13-5-9-17-27(22)34)31-25(18-20-10-2-1-3-11-20)30-32-23-14-6-7-15-24(23)33-30/h1-17,25H,18-19H2,(H,31,35)(H,32,33)/t25-/m0/s1. The van der Waals surface area contributed by atoms with Crippen LogP contribution in [0, 0.1) is 0 Å². The van der Waals surface area contributed by atoms with Crippen molar-refractivity contribution in [2.24, 2.45) is 0 Å². The molecule has 1 atom stereocenters. The first kappa shape index (κ1) is 21.8. The maximum absolute atomic E-state index is 13.5. The number of carbonyl (C=O) groups is 1. The number of carbonyl (C=O) groups excluding carboxylic acids is 1. The lowest BCUT2D eigenvalue weighted by atomic mass is 10.1. The fourth-order valence-corrected chi connectivity index (χ4v) is 4.83. The average molecular weight is 473 g/mol. The number of benzene rings is 4. The third-order valence-corrected chi connectivity index (χ3v) is 6.54. The first-order valence-electron chi connectivity index (χ1n) is 12.0. The van der Waals surface area contributed by atoms with E-state index in [1.54, 1.807) is 0 Å². The maximum Gasteiger partial charge on any atom is 0.240 e. The van der Waals surface area contributed by atoms with E-state index in [4.69, 9.17) is 4.98 Å². The van der Waals surface area contributed by atoms with Crippen LogP contribution in [0.5, 0.6) is 0 Å². The minimum absolute atomic E-state index is 0.0258. The van der Waals surface area contributed by atoms with Crippen LogP contribution in [0.1, 0.15) is 17.4 Å². The van der Waals surface area contributed by atoms with E-state index < -0.39 is 0 Å². The van der Waals surface area contributed by atoms with Crippen molar-refractivity contribution in [2.75, 3.05) is 0 Å². The zero-order chi connectivity index (χ0) is 24.5. The van der Waals surface area contributed by atoms with Gasteiger partial charge in [-0.25, -0.2) is 4.98 Å². The van der Waals surface area contributed by atoms with Gasteiger partial charge >= 0.3 is 0 Å². The van der Waals surface area contributed by atoms with Gasteiger partial charge in [-0.1, -0.05) is 66.7 Å². The fraction of sp³-hybridized carbons (Fsp3) is 0.100. The van der Waals surface area contributed by atoms with Crippen LogP contribution in [0.25, 0.3) is 32.8 Å². The predicted molar refractivity (Wildman–Crippen MR) is 143 cm³/mol. The molecule has 0 bridgehead atoms. The Morgan fingerprint density at radius 1 is 0.806 bits per heavy atom. The van der Waals surface area contributed by atoms with Crippen molar-refractivity contribution >= 4 is 38.7 Å². The second-order valence-corrected chi connectivity index (χ2v) is 8.90. The summed E-state index contributed by atoms with van der Waals surface area (Å²) in [6.45, 7) is 0.0762. The molecule has 2 aromatic heterocycles. The quantitative estimate of drug-likeness (QED) is 0.330. The summed E-state index contributed by atoms with van der Waals surface area (Å²) in [4.78, 5) is 34.7. The molecule has 6 nitrogen and oxygen atoms in total. The summed E-state index contributed by atoms with van der Waals surface area (Å²) in [5.74, 6) is 0.554. The number of para-hydroxylation sites is 4. The lowest BCUT2D eigenvalue weighted by Gasteiger charge is -2.19. The summed E-state index contributed by atoms with van der Waals surface area (Å²) in [7, 11) is 0. The van der Waals surface area contributed by atoms with E-state index in [1.807, 2.05) is 108 Å².